The van der Waals surface area contributed by atoms with E-state index in [1.807, 2.05) is 11.0 Å². The van der Waals surface area contributed by atoms with Gasteiger partial charge in [-0.2, -0.15) is 0 Å². The van der Waals surface area contributed by atoms with Gasteiger partial charge >= 0.3 is 0 Å². The van der Waals surface area contributed by atoms with Crippen molar-refractivity contribution >= 4 is 5.91 Å². The molecule has 128 valence electrons. The van der Waals surface area contributed by atoms with Gasteiger partial charge in [-0.15, -0.1) is 0 Å². The third-order valence-corrected chi connectivity index (χ3v) is 4.46. The minimum absolute atomic E-state index is 0.0716. The molecule has 6 nitrogen and oxygen atoms in total. The Bertz CT molecular complexity index is 726. The lowest BCUT2D eigenvalue weighted by Gasteiger charge is -2.32. The zero-order chi connectivity index (χ0) is 17.1. The fourth-order valence-corrected chi connectivity index (χ4v) is 3.05. The zero-order valence-electron chi connectivity index (χ0n) is 14.2. The van der Waals surface area contributed by atoms with Gasteiger partial charge in [-0.3, -0.25) is 4.79 Å². The topological polar surface area (TPSA) is 64.8 Å². The highest BCUT2D eigenvalue weighted by atomic mass is 16.5. The normalized spacial score (nSPS) is 17.6. The molecule has 3 rings (SSSR count). The molecule has 1 aliphatic rings. The molecule has 1 fully saturated rings. The highest BCUT2D eigenvalue weighted by Gasteiger charge is 2.26. The number of aromatic nitrogens is 1. The van der Waals surface area contributed by atoms with Crippen molar-refractivity contribution in [2.24, 2.45) is 0 Å². The van der Waals surface area contributed by atoms with Crippen LogP contribution in [0.25, 0.3) is 11.3 Å². The number of amides is 1. The number of benzene rings is 1. The highest BCUT2D eigenvalue weighted by molar-refractivity contribution is 5.93. The van der Waals surface area contributed by atoms with Crippen molar-refractivity contribution in [1.82, 2.24) is 10.1 Å². The second-order valence-electron chi connectivity index (χ2n) is 5.99. The Hall–Kier alpha value is -2.50. The van der Waals surface area contributed by atoms with E-state index < -0.39 is 0 Å². The lowest BCUT2D eigenvalue weighted by Crippen LogP contribution is -2.42. The van der Waals surface area contributed by atoms with Crippen molar-refractivity contribution in [3.8, 4) is 22.8 Å². The van der Waals surface area contributed by atoms with E-state index in [0.717, 1.165) is 24.9 Å². The van der Waals surface area contributed by atoms with Gasteiger partial charge in [0.25, 0.3) is 5.91 Å². The third kappa shape index (κ3) is 3.09. The molecule has 2 heterocycles. The average Bonchev–Trinajstić information content (AvgIpc) is 3.11. The molecule has 1 atom stereocenters. The van der Waals surface area contributed by atoms with Crippen molar-refractivity contribution in [1.29, 1.82) is 0 Å². The molecule has 0 unspecified atom stereocenters. The van der Waals surface area contributed by atoms with Crippen LogP contribution in [0, 0.1) is 0 Å². The molecule has 0 bridgehead atoms. The number of carbonyl (C=O) groups is 1. The molecule has 0 spiro atoms. The number of hydrogen-bond donors (Lipinski definition) is 0. The summed E-state index contributed by atoms with van der Waals surface area (Å²) in [4.78, 5) is 14.5. The predicted octanol–water partition coefficient (Wildman–Crippen LogP) is 3.37. The van der Waals surface area contributed by atoms with Gasteiger partial charge in [0.1, 0.15) is 0 Å². The van der Waals surface area contributed by atoms with Gasteiger partial charge in [0.15, 0.2) is 23.0 Å². The first-order chi connectivity index (χ1) is 11.6. The van der Waals surface area contributed by atoms with Crippen LogP contribution in [0.15, 0.2) is 28.8 Å². The first-order valence-electron chi connectivity index (χ1n) is 8.14. The van der Waals surface area contributed by atoms with Gasteiger partial charge in [0.05, 0.1) is 14.2 Å². The van der Waals surface area contributed by atoms with E-state index in [-0.39, 0.29) is 11.9 Å². The number of carbonyl (C=O) groups excluding carboxylic acids is 1. The van der Waals surface area contributed by atoms with Crippen LogP contribution in [-0.2, 0) is 0 Å². The SMILES string of the molecule is COc1ccc(-c2cc(C(=O)N3CCCC[C@H]3C)no2)cc1OC. The van der Waals surface area contributed by atoms with E-state index in [4.69, 9.17) is 14.0 Å². The highest BCUT2D eigenvalue weighted by Crippen LogP contribution is 2.32. The van der Waals surface area contributed by atoms with Crippen LogP contribution >= 0.6 is 0 Å². The van der Waals surface area contributed by atoms with E-state index in [1.54, 1.807) is 32.4 Å². The predicted molar refractivity (Wildman–Crippen MR) is 89.4 cm³/mol. The summed E-state index contributed by atoms with van der Waals surface area (Å²) in [5.74, 6) is 1.70. The molecule has 0 radical (unpaired) electrons. The molecule has 1 amide bonds. The first kappa shape index (κ1) is 16.4. The molecule has 0 N–H and O–H groups in total. The maximum absolute atomic E-state index is 12.6. The van der Waals surface area contributed by atoms with Crippen LogP contribution in [0.4, 0.5) is 0 Å². The molecule has 1 saturated heterocycles. The summed E-state index contributed by atoms with van der Waals surface area (Å²) in [6, 6.07) is 7.37. The Morgan fingerprint density at radius 1 is 1.21 bits per heavy atom. The van der Waals surface area contributed by atoms with E-state index >= 15 is 0 Å². The molecule has 0 aliphatic carbocycles. The Kier molecular flexibility index (Phi) is 4.74. The van der Waals surface area contributed by atoms with Crippen LogP contribution in [-0.4, -0.2) is 42.8 Å². The second kappa shape index (κ2) is 6.95. The van der Waals surface area contributed by atoms with Crippen LogP contribution < -0.4 is 9.47 Å². The Morgan fingerprint density at radius 2 is 2.00 bits per heavy atom. The number of rotatable bonds is 4. The van der Waals surface area contributed by atoms with Crippen molar-refractivity contribution in [2.75, 3.05) is 20.8 Å². The quantitative estimate of drug-likeness (QED) is 0.860. The Balaban J connectivity index is 1.84. The van der Waals surface area contributed by atoms with Crippen molar-refractivity contribution < 1.29 is 18.8 Å². The van der Waals surface area contributed by atoms with Gasteiger partial charge in [-0.25, -0.2) is 0 Å². The van der Waals surface area contributed by atoms with Crippen molar-refractivity contribution in [3.63, 3.8) is 0 Å². The third-order valence-electron chi connectivity index (χ3n) is 4.46. The zero-order valence-corrected chi connectivity index (χ0v) is 14.2. The summed E-state index contributed by atoms with van der Waals surface area (Å²) in [6.07, 6.45) is 3.24. The summed E-state index contributed by atoms with van der Waals surface area (Å²) in [5, 5.41) is 3.96. The van der Waals surface area contributed by atoms with Crippen molar-refractivity contribution in [2.45, 2.75) is 32.2 Å². The molecule has 1 aliphatic heterocycles. The summed E-state index contributed by atoms with van der Waals surface area (Å²) >= 11 is 0. The lowest BCUT2D eigenvalue weighted by atomic mass is 10.0. The number of methoxy groups -OCH3 is 2. The maximum Gasteiger partial charge on any atom is 0.276 e. The van der Waals surface area contributed by atoms with Gasteiger partial charge in [-0.05, 0) is 44.4 Å². The largest absolute Gasteiger partial charge is 0.493 e. The van der Waals surface area contributed by atoms with E-state index in [2.05, 4.69) is 12.1 Å². The summed E-state index contributed by atoms with van der Waals surface area (Å²) in [7, 11) is 3.16. The fourth-order valence-electron chi connectivity index (χ4n) is 3.05. The van der Waals surface area contributed by atoms with Crippen LogP contribution in [0.5, 0.6) is 11.5 Å². The first-order valence-corrected chi connectivity index (χ1v) is 8.14. The molecule has 6 heteroatoms. The summed E-state index contributed by atoms with van der Waals surface area (Å²) in [5.41, 5.74) is 1.12. The summed E-state index contributed by atoms with van der Waals surface area (Å²) in [6.45, 7) is 2.85. The van der Waals surface area contributed by atoms with Gasteiger partial charge < -0.3 is 18.9 Å². The molecular weight excluding hydrogens is 308 g/mol. The van der Waals surface area contributed by atoms with E-state index in [9.17, 15) is 4.79 Å². The fraction of sp³-hybridized carbons (Fsp3) is 0.444. The average molecular weight is 330 g/mol. The number of piperidine rings is 1. The molecule has 24 heavy (non-hydrogen) atoms. The summed E-state index contributed by atoms with van der Waals surface area (Å²) < 4.78 is 15.9. The number of ether oxygens (including phenoxy) is 2. The van der Waals surface area contributed by atoms with E-state index in [1.165, 1.54) is 6.42 Å². The number of likely N-dealkylation sites (tertiary alicyclic amines) is 1. The molecular formula is C18H22N2O4. The Morgan fingerprint density at radius 3 is 2.71 bits per heavy atom. The van der Waals surface area contributed by atoms with Crippen LogP contribution in [0.3, 0.4) is 0 Å². The minimum atomic E-state index is -0.0716. The smallest absolute Gasteiger partial charge is 0.276 e. The monoisotopic (exact) mass is 330 g/mol. The van der Waals surface area contributed by atoms with Crippen LogP contribution in [0.2, 0.25) is 0 Å². The van der Waals surface area contributed by atoms with Crippen molar-refractivity contribution in [3.05, 3.63) is 30.0 Å². The number of hydrogen-bond acceptors (Lipinski definition) is 5. The lowest BCUT2D eigenvalue weighted by molar-refractivity contribution is 0.0625. The molecule has 1 aromatic carbocycles. The standard InChI is InChI=1S/C18H22N2O4/c1-12-6-4-5-9-20(12)18(21)14-11-16(24-19-14)13-7-8-15(22-2)17(10-13)23-3/h7-8,10-12H,4-6,9H2,1-3H3/t12-/m1/s1. The molecule has 1 aromatic heterocycles. The van der Waals surface area contributed by atoms with E-state index in [0.29, 0.717) is 23.0 Å². The van der Waals surface area contributed by atoms with Gasteiger partial charge in [0, 0.05) is 24.2 Å². The number of nitrogens with zero attached hydrogens (tertiary/aromatic N) is 2. The molecule has 0 saturated carbocycles. The van der Waals surface area contributed by atoms with Crippen LogP contribution in [0.1, 0.15) is 36.7 Å². The second-order valence-corrected chi connectivity index (χ2v) is 5.99. The Labute approximate surface area is 141 Å². The maximum atomic E-state index is 12.6. The van der Waals surface area contributed by atoms with Gasteiger partial charge in [0.2, 0.25) is 0 Å². The van der Waals surface area contributed by atoms with Gasteiger partial charge in [-0.1, -0.05) is 5.16 Å². The molecule has 2 aromatic rings. The minimum Gasteiger partial charge on any atom is -0.493 e.